The molecule has 0 saturated heterocycles. The number of rotatable bonds is 3. The fourth-order valence-electron chi connectivity index (χ4n) is 2.41. The third kappa shape index (κ3) is 7.04. The molecule has 10 heteroatoms. The van der Waals surface area contributed by atoms with Crippen LogP contribution in [-0.2, 0) is 10.1 Å². The number of phenols is 1. The van der Waals surface area contributed by atoms with E-state index in [4.69, 9.17) is 15.5 Å². The number of nitrogens with one attached hydrogen (secondary N) is 2. The van der Waals surface area contributed by atoms with Gasteiger partial charge < -0.3 is 21.5 Å². The van der Waals surface area contributed by atoms with Crippen molar-refractivity contribution < 1.29 is 22.9 Å². The number of hydrogen-bond acceptors (Lipinski definition) is 6. The molecule has 3 aromatic carbocycles. The Morgan fingerprint density at radius 3 is 2.19 bits per heavy atom. The molecule has 0 radical (unpaired) electrons. The van der Waals surface area contributed by atoms with Crippen molar-refractivity contribution in [2.75, 3.05) is 16.4 Å². The van der Waals surface area contributed by atoms with E-state index < -0.39 is 16.1 Å². The predicted octanol–water partition coefficient (Wildman–Crippen LogP) is 3.73. The van der Waals surface area contributed by atoms with E-state index in [1.807, 2.05) is 6.07 Å². The van der Waals surface area contributed by atoms with E-state index in [0.29, 0.717) is 22.5 Å². The Morgan fingerprint density at radius 2 is 1.68 bits per heavy atom. The molecule has 0 heterocycles. The van der Waals surface area contributed by atoms with Crippen molar-refractivity contribution >= 4 is 33.2 Å². The Labute approximate surface area is 179 Å². The number of phenolic OH excluding ortho intramolecular Hbond substituents is 1. The molecule has 0 spiro atoms. The fourth-order valence-corrected chi connectivity index (χ4v) is 3.14. The number of carbonyl (C=O) groups is 1. The summed E-state index contributed by atoms with van der Waals surface area (Å²) in [5, 5.41) is 23.4. The van der Waals surface area contributed by atoms with Crippen LogP contribution < -0.4 is 16.4 Å². The number of aromatic hydroxyl groups is 1. The van der Waals surface area contributed by atoms with E-state index in [0.717, 1.165) is 0 Å². The van der Waals surface area contributed by atoms with Gasteiger partial charge in [0.2, 0.25) is 0 Å². The van der Waals surface area contributed by atoms with Gasteiger partial charge in [0, 0.05) is 17.4 Å². The molecule has 160 valence electrons. The van der Waals surface area contributed by atoms with Crippen LogP contribution in [0.5, 0.6) is 5.75 Å². The average Bonchev–Trinajstić information content (AvgIpc) is 2.71. The first kappa shape index (κ1) is 23.2. The number of aryl methyl sites for hydroxylation is 1. The van der Waals surface area contributed by atoms with Crippen molar-refractivity contribution in [2.24, 2.45) is 0 Å². The lowest BCUT2D eigenvalue weighted by molar-refractivity contribution is 0.262. The van der Waals surface area contributed by atoms with Gasteiger partial charge in [-0.2, -0.15) is 13.7 Å². The predicted molar refractivity (Wildman–Crippen MR) is 117 cm³/mol. The summed E-state index contributed by atoms with van der Waals surface area (Å²) in [4.78, 5) is 11.7. The Hall–Kier alpha value is -4.07. The van der Waals surface area contributed by atoms with Crippen LogP contribution in [0.15, 0.2) is 71.6 Å². The fraction of sp³-hybridized carbons (Fsp3) is 0.0476. The number of benzene rings is 3. The minimum atomic E-state index is -4.03. The number of nitriles is 1. The number of nitrogens with zero attached hydrogens (tertiary/aromatic N) is 1. The van der Waals surface area contributed by atoms with Gasteiger partial charge in [0.15, 0.2) is 0 Å². The Balaban J connectivity index is 0.000000262. The van der Waals surface area contributed by atoms with E-state index >= 15 is 0 Å². The van der Waals surface area contributed by atoms with E-state index in [1.165, 1.54) is 18.2 Å². The second-order valence-corrected chi connectivity index (χ2v) is 7.68. The molecule has 2 amide bonds. The van der Waals surface area contributed by atoms with E-state index in [-0.39, 0.29) is 16.3 Å². The molecular weight excluding hydrogens is 420 g/mol. The summed E-state index contributed by atoms with van der Waals surface area (Å²) in [7, 11) is -4.03. The summed E-state index contributed by atoms with van der Waals surface area (Å²) in [5.41, 5.74) is 7.75. The molecule has 0 atom stereocenters. The average molecular weight is 440 g/mol. The summed E-state index contributed by atoms with van der Waals surface area (Å²) < 4.78 is 29.9. The minimum absolute atomic E-state index is 0.0278. The van der Waals surface area contributed by atoms with Gasteiger partial charge in [-0.1, -0.05) is 18.2 Å². The summed E-state index contributed by atoms with van der Waals surface area (Å²) in [6.45, 7) is 1.63. The first-order chi connectivity index (χ1) is 14.6. The Bertz CT molecular complexity index is 1220. The molecule has 0 bridgehead atoms. The van der Waals surface area contributed by atoms with Crippen LogP contribution in [0.3, 0.4) is 0 Å². The van der Waals surface area contributed by atoms with Gasteiger partial charge in [-0.15, -0.1) is 0 Å². The third-order valence-electron chi connectivity index (χ3n) is 3.91. The van der Waals surface area contributed by atoms with Crippen LogP contribution in [0.2, 0.25) is 0 Å². The first-order valence-electron chi connectivity index (χ1n) is 8.80. The monoisotopic (exact) mass is 440 g/mol. The quantitative estimate of drug-likeness (QED) is 0.235. The second-order valence-electron chi connectivity index (χ2n) is 6.29. The second kappa shape index (κ2) is 10.1. The van der Waals surface area contributed by atoms with Crippen molar-refractivity contribution in [3.05, 3.63) is 77.9 Å². The highest BCUT2D eigenvalue weighted by atomic mass is 32.2. The van der Waals surface area contributed by atoms with Gasteiger partial charge in [-0.3, -0.25) is 4.55 Å². The Morgan fingerprint density at radius 1 is 1.03 bits per heavy atom. The van der Waals surface area contributed by atoms with Crippen molar-refractivity contribution in [1.29, 1.82) is 5.26 Å². The smallest absolute Gasteiger partial charge is 0.323 e. The molecule has 0 unspecified atom stereocenters. The van der Waals surface area contributed by atoms with Crippen molar-refractivity contribution in [1.82, 2.24) is 0 Å². The van der Waals surface area contributed by atoms with Gasteiger partial charge >= 0.3 is 6.03 Å². The minimum Gasteiger partial charge on any atom is -0.506 e. The maximum Gasteiger partial charge on any atom is 0.323 e. The van der Waals surface area contributed by atoms with Crippen LogP contribution >= 0.6 is 0 Å². The lowest BCUT2D eigenvalue weighted by Crippen LogP contribution is -2.19. The van der Waals surface area contributed by atoms with Gasteiger partial charge in [-0.05, 0) is 55.0 Å². The molecule has 0 aliphatic carbocycles. The standard InChI is InChI=1S/C14H12N4O2.C7H8O3S/c15-8-9-1-4-11(5-2-9)17-14(20)18-12-6-3-10(16)7-13(12)19;1-6-4-2-3-5-7(6)11(8,9)10/h1-7,19H,16H2,(H2,17,18,20);2-5H,1H3,(H,8,9,10). The number of nitrogen functional groups attached to an aromatic ring is 1. The molecule has 31 heavy (non-hydrogen) atoms. The van der Waals surface area contributed by atoms with Crippen LogP contribution in [0, 0.1) is 18.3 Å². The van der Waals surface area contributed by atoms with E-state index in [2.05, 4.69) is 10.6 Å². The van der Waals surface area contributed by atoms with Crippen molar-refractivity contribution in [3.8, 4) is 11.8 Å². The maximum atomic E-state index is 11.7. The first-order valence-corrected chi connectivity index (χ1v) is 10.2. The zero-order valence-corrected chi connectivity index (χ0v) is 17.2. The number of carbonyl (C=O) groups excluding carboxylic acids is 1. The number of urea groups is 1. The normalized spacial score (nSPS) is 10.2. The summed E-state index contributed by atoms with van der Waals surface area (Å²) >= 11 is 0. The molecule has 3 rings (SSSR count). The van der Waals surface area contributed by atoms with Crippen molar-refractivity contribution in [3.63, 3.8) is 0 Å². The molecule has 6 N–H and O–H groups in total. The van der Waals surface area contributed by atoms with Crippen LogP contribution in [0.25, 0.3) is 0 Å². The molecule has 0 aliphatic rings. The molecule has 0 aliphatic heterocycles. The van der Waals surface area contributed by atoms with Crippen molar-refractivity contribution in [2.45, 2.75) is 11.8 Å². The third-order valence-corrected chi connectivity index (χ3v) is 4.93. The summed E-state index contributed by atoms with van der Waals surface area (Å²) in [6, 6.07) is 18.6. The molecule has 3 aromatic rings. The zero-order chi connectivity index (χ0) is 23.0. The number of hydrogen-bond donors (Lipinski definition) is 5. The van der Waals surface area contributed by atoms with Gasteiger partial charge in [0.05, 0.1) is 22.2 Å². The van der Waals surface area contributed by atoms with E-state index in [1.54, 1.807) is 55.5 Å². The summed E-state index contributed by atoms with van der Waals surface area (Å²) in [6.07, 6.45) is 0. The number of nitrogens with two attached hydrogens (primary N) is 1. The largest absolute Gasteiger partial charge is 0.506 e. The topological polar surface area (TPSA) is 166 Å². The molecular formula is C21H20N4O5S. The number of amides is 2. The lowest BCUT2D eigenvalue weighted by atomic mass is 10.2. The van der Waals surface area contributed by atoms with Crippen LogP contribution in [0.4, 0.5) is 21.9 Å². The van der Waals surface area contributed by atoms with Gasteiger partial charge in [0.25, 0.3) is 10.1 Å². The zero-order valence-electron chi connectivity index (χ0n) is 16.4. The highest BCUT2D eigenvalue weighted by molar-refractivity contribution is 7.85. The lowest BCUT2D eigenvalue weighted by Gasteiger charge is -2.09. The maximum absolute atomic E-state index is 11.7. The molecule has 0 fully saturated rings. The SMILES string of the molecule is Cc1ccccc1S(=O)(=O)O.N#Cc1ccc(NC(=O)Nc2ccc(N)cc2O)cc1. The number of anilines is 3. The van der Waals surface area contributed by atoms with Gasteiger partial charge in [0.1, 0.15) is 5.75 Å². The van der Waals surface area contributed by atoms with Crippen LogP contribution in [0.1, 0.15) is 11.1 Å². The molecule has 9 nitrogen and oxygen atoms in total. The van der Waals surface area contributed by atoms with Gasteiger partial charge in [-0.25, -0.2) is 4.79 Å². The molecule has 0 aromatic heterocycles. The summed E-state index contributed by atoms with van der Waals surface area (Å²) in [5.74, 6) is -0.111. The van der Waals surface area contributed by atoms with Crippen LogP contribution in [-0.4, -0.2) is 24.1 Å². The Kier molecular flexibility index (Phi) is 7.57. The van der Waals surface area contributed by atoms with E-state index in [9.17, 15) is 18.3 Å². The molecule has 0 saturated carbocycles. The highest BCUT2D eigenvalue weighted by Gasteiger charge is 2.10. The highest BCUT2D eigenvalue weighted by Crippen LogP contribution is 2.25.